The maximum Gasteiger partial charge on any atom is 0.265 e. The fourth-order valence-corrected chi connectivity index (χ4v) is 2.71. The summed E-state index contributed by atoms with van der Waals surface area (Å²) in [6, 6.07) is 1.70. The molecule has 0 unspecified atom stereocenters. The number of oxime groups is 1. The Balaban J connectivity index is 2.79. The summed E-state index contributed by atoms with van der Waals surface area (Å²) in [4.78, 5) is 14.6. The van der Waals surface area contributed by atoms with Crippen LogP contribution in [0, 0.1) is 5.92 Å². The van der Waals surface area contributed by atoms with Crippen molar-refractivity contribution in [3.05, 3.63) is 21.3 Å². The second-order valence-corrected chi connectivity index (χ2v) is 5.91. The molecule has 0 saturated heterocycles. The highest BCUT2D eigenvalue weighted by Crippen LogP contribution is 2.24. The summed E-state index contributed by atoms with van der Waals surface area (Å²) in [7, 11) is 0. The van der Waals surface area contributed by atoms with Gasteiger partial charge in [-0.1, -0.05) is 30.6 Å². The van der Waals surface area contributed by atoms with Crippen molar-refractivity contribution in [2.24, 2.45) is 16.8 Å². The molecule has 1 rings (SSSR count). The summed E-state index contributed by atoms with van der Waals surface area (Å²) in [5.74, 6) is 0.327. The summed E-state index contributed by atoms with van der Waals surface area (Å²) in [5.41, 5.74) is 5.44. The van der Waals surface area contributed by atoms with E-state index in [1.165, 1.54) is 11.3 Å². The molecular weight excluding hydrogens is 286 g/mol. The standard InChI is InChI=1S/C12H18ClN3O2S/c1-8(2)7-16(5-3-10(14)15-18)12(17)11-9(13)4-6-19-11/h4,6,8,18H,3,5,7H2,1-2H3,(H2,14,15). The van der Waals surface area contributed by atoms with Gasteiger partial charge in [-0.2, -0.15) is 0 Å². The second kappa shape index (κ2) is 7.35. The Hall–Kier alpha value is -1.27. The van der Waals surface area contributed by atoms with Crippen LogP contribution in [0.15, 0.2) is 16.6 Å². The number of hydrogen-bond acceptors (Lipinski definition) is 4. The predicted molar refractivity (Wildman–Crippen MR) is 78.1 cm³/mol. The van der Waals surface area contributed by atoms with Crippen LogP contribution >= 0.6 is 22.9 Å². The Kier molecular flexibility index (Phi) is 6.11. The third-order valence-corrected chi connectivity index (χ3v) is 3.78. The molecule has 1 aromatic heterocycles. The number of amidine groups is 1. The first kappa shape index (κ1) is 15.8. The van der Waals surface area contributed by atoms with Gasteiger partial charge in [-0.25, -0.2) is 0 Å². The van der Waals surface area contributed by atoms with Crippen molar-refractivity contribution in [2.75, 3.05) is 13.1 Å². The molecule has 5 nitrogen and oxygen atoms in total. The van der Waals surface area contributed by atoms with Gasteiger partial charge in [0.1, 0.15) is 10.7 Å². The van der Waals surface area contributed by atoms with Crippen LogP contribution in [-0.4, -0.2) is 34.9 Å². The summed E-state index contributed by atoms with van der Waals surface area (Å²) < 4.78 is 0. The van der Waals surface area contributed by atoms with Crippen LogP contribution < -0.4 is 5.73 Å². The SMILES string of the molecule is CC(C)CN(CC/C(N)=N/O)C(=O)c1sccc1Cl. The maximum absolute atomic E-state index is 12.4. The van der Waals surface area contributed by atoms with Gasteiger partial charge in [0.05, 0.1) is 5.02 Å². The van der Waals surface area contributed by atoms with E-state index in [2.05, 4.69) is 5.16 Å². The van der Waals surface area contributed by atoms with E-state index >= 15 is 0 Å². The van der Waals surface area contributed by atoms with E-state index in [4.69, 9.17) is 22.5 Å². The normalized spacial score (nSPS) is 11.9. The minimum absolute atomic E-state index is 0.110. The lowest BCUT2D eigenvalue weighted by molar-refractivity contribution is 0.0745. The van der Waals surface area contributed by atoms with Crippen molar-refractivity contribution in [1.82, 2.24) is 4.90 Å². The highest BCUT2D eigenvalue weighted by Gasteiger charge is 2.20. The zero-order chi connectivity index (χ0) is 14.4. The highest BCUT2D eigenvalue weighted by molar-refractivity contribution is 7.12. The van der Waals surface area contributed by atoms with Crippen LogP contribution in [0.25, 0.3) is 0 Å². The van der Waals surface area contributed by atoms with Crippen LogP contribution in [0.4, 0.5) is 0 Å². The molecule has 1 amide bonds. The maximum atomic E-state index is 12.4. The lowest BCUT2D eigenvalue weighted by atomic mass is 10.2. The first-order chi connectivity index (χ1) is 8.95. The average molecular weight is 304 g/mol. The second-order valence-electron chi connectivity index (χ2n) is 4.58. The highest BCUT2D eigenvalue weighted by atomic mass is 35.5. The van der Waals surface area contributed by atoms with Crippen molar-refractivity contribution in [3.8, 4) is 0 Å². The summed E-state index contributed by atoms with van der Waals surface area (Å²) in [6.07, 6.45) is 0.331. The molecular formula is C12H18ClN3O2S. The Labute approximate surface area is 121 Å². The largest absolute Gasteiger partial charge is 0.409 e. The minimum atomic E-state index is -0.112. The van der Waals surface area contributed by atoms with Crippen LogP contribution in [0.3, 0.4) is 0 Å². The molecule has 0 fully saturated rings. The van der Waals surface area contributed by atoms with Gasteiger partial charge >= 0.3 is 0 Å². The molecule has 0 spiro atoms. The molecule has 0 atom stereocenters. The number of carbonyl (C=O) groups is 1. The quantitative estimate of drug-likeness (QED) is 0.367. The number of nitrogens with two attached hydrogens (primary N) is 1. The fourth-order valence-electron chi connectivity index (χ4n) is 1.61. The molecule has 0 aliphatic heterocycles. The number of thiophene rings is 1. The number of carbonyl (C=O) groups excluding carboxylic acids is 1. The van der Waals surface area contributed by atoms with Crippen molar-refractivity contribution in [3.63, 3.8) is 0 Å². The first-order valence-corrected chi connectivity index (χ1v) is 7.20. The van der Waals surface area contributed by atoms with Crippen LogP contribution in [0.1, 0.15) is 29.9 Å². The third-order valence-electron chi connectivity index (χ3n) is 2.45. The number of rotatable bonds is 6. The fraction of sp³-hybridized carbons (Fsp3) is 0.500. The van der Waals surface area contributed by atoms with Crippen LogP contribution in [0.5, 0.6) is 0 Å². The van der Waals surface area contributed by atoms with Crippen molar-refractivity contribution >= 4 is 34.7 Å². The Morgan fingerprint density at radius 1 is 1.63 bits per heavy atom. The molecule has 19 heavy (non-hydrogen) atoms. The van der Waals surface area contributed by atoms with Gasteiger partial charge in [0.25, 0.3) is 5.91 Å². The van der Waals surface area contributed by atoms with E-state index in [1.807, 2.05) is 13.8 Å². The molecule has 0 radical (unpaired) electrons. The zero-order valence-electron chi connectivity index (χ0n) is 11.0. The Morgan fingerprint density at radius 3 is 2.79 bits per heavy atom. The Morgan fingerprint density at radius 2 is 2.32 bits per heavy atom. The van der Waals surface area contributed by atoms with Gasteiger partial charge in [0, 0.05) is 19.5 Å². The predicted octanol–water partition coefficient (Wildman–Crippen LogP) is 2.64. The number of nitrogens with zero attached hydrogens (tertiary/aromatic N) is 2. The van der Waals surface area contributed by atoms with E-state index in [9.17, 15) is 4.79 Å². The first-order valence-electron chi connectivity index (χ1n) is 5.94. The molecule has 1 aromatic rings. The molecule has 0 saturated carbocycles. The van der Waals surface area contributed by atoms with E-state index in [-0.39, 0.29) is 11.7 Å². The molecule has 3 N–H and O–H groups in total. The summed E-state index contributed by atoms with van der Waals surface area (Å²) in [5, 5.41) is 13.7. The third kappa shape index (κ3) is 4.72. The molecule has 106 valence electrons. The topological polar surface area (TPSA) is 78.9 Å². The van der Waals surface area contributed by atoms with Gasteiger partial charge in [-0.05, 0) is 17.4 Å². The lowest BCUT2D eigenvalue weighted by Crippen LogP contribution is -2.36. The van der Waals surface area contributed by atoms with Crippen LogP contribution in [0.2, 0.25) is 5.02 Å². The van der Waals surface area contributed by atoms with Gasteiger partial charge in [0.2, 0.25) is 0 Å². The van der Waals surface area contributed by atoms with Gasteiger partial charge < -0.3 is 15.8 Å². The van der Waals surface area contributed by atoms with Crippen molar-refractivity contribution < 1.29 is 10.0 Å². The summed E-state index contributed by atoms with van der Waals surface area (Å²) in [6.45, 7) is 5.06. The smallest absolute Gasteiger partial charge is 0.265 e. The monoisotopic (exact) mass is 303 g/mol. The molecule has 0 aliphatic rings. The molecule has 1 heterocycles. The van der Waals surface area contributed by atoms with E-state index < -0.39 is 0 Å². The summed E-state index contributed by atoms with van der Waals surface area (Å²) >= 11 is 7.30. The number of amides is 1. The van der Waals surface area contributed by atoms with Crippen molar-refractivity contribution in [2.45, 2.75) is 20.3 Å². The van der Waals surface area contributed by atoms with Gasteiger partial charge in [0.15, 0.2) is 0 Å². The van der Waals surface area contributed by atoms with Crippen molar-refractivity contribution in [1.29, 1.82) is 0 Å². The average Bonchev–Trinajstić information content (AvgIpc) is 2.78. The molecule has 7 heteroatoms. The number of halogens is 1. The van der Waals surface area contributed by atoms with Gasteiger partial charge in [-0.15, -0.1) is 11.3 Å². The van der Waals surface area contributed by atoms with E-state index in [0.717, 1.165) is 0 Å². The van der Waals surface area contributed by atoms with Gasteiger partial charge in [-0.3, -0.25) is 4.79 Å². The molecule has 0 aliphatic carbocycles. The lowest BCUT2D eigenvalue weighted by Gasteiger charge is -2.24. The van der Waals surface area contributed by atoms with E-state index in [0.29, 0.717) is 35.3 Å². The molecule has 0 aromatic carbocycles. The molecule has 0 bridgehead atoms. The van der Waals surface area contributed by atoms with Crippen LogP contribution in [-0.2, 0) is 0 Å². The minimum Gasteiger partial charge on any atom is -0.409 e. The Bertz CT molecular complexity index is 460. The number of hydrogen-bond donors (Lipinski definition) is 2. The van der Waals surface area contributed by atoms with E-state index in [1.54, 1.807) is 16.3 Å². The zero-order valence-corrected chi connectivity index (χ0v) is 12.5.